The van der Waals surface area contributed by atoms with Gasteiger partial charge in [0.1, 0.15) is 22.8 Å². The van der Waals surface area contributed by atoms with Crippen LogP contribution in [-0.2, 0) is 0 Å². The van der Waals surface area contributed by atoms with Gasteiger partial charge in [0.25, 0.3) is 0 Å². The molecular weight excluding hydrogens is 749 g/mol. The zero-order valence-corrected chi connectivity index (χ0v) is 32.4. The summed E-state index contributed by atoms with van der Waals surface area (Å²) in [7, 11) is 0. The third kappa shape index (κ3) is 5.15. The zero-order valence-electron chi connectivity index (χ0n) is 32.4. The Morgan fingerprint density at radius 1 is 0.508 bits per heavy atom. The monoisotopic (exact) mass is 778 g/mol. The Morgan fingerprint density at radius 3 is 1.92 bits per heavy atom. The van der Waals surface area contributed by atoms with Crippen molar-refractivity contribution in [1.29, 1.82) is 5.26 Å². The van der Waals surface area contributed by atoms with Crippen molar-refractivity contribution in [2.45, 2.75) is 0 Å². The summed E-state index contributed by atoms with van der Waals surface area (Å²) in [6.07, 6.45) is 0. The van der Waals surface area contributed by atoms with E-state index in [1.165, 1.54) is 0 Å². The smallest absolute Gasteiger partial charge is 0.211 e. The van der Waals surface area contributed by atoms with Crippen molar-refractivity contribution in [3.63, 3.8) is 0 Å². The number of nitriles is 1. The minimum Gasteiger partial charge on any atom is -0.456 e. The summed E-state index contributed by atoms with van der Waals surface area (Å²) in [5.41, 5.74) is 11.6. The molecule has 282 valence electrons. The van der Waals surface area contributed by atoms with Gasteiger partial charge in [0.05, 0.1) is 45.7 Å². The molecule has 0 saturated heterocycles. The van der Waals surface area contributed by atoms with Crippen LogP contribution in [-0.4, -0.2) is 19.1 Å². The molecule has 0 fully saturated rings. The number of benzene rings is 8. The Hall–Kier alpha value is -8.78. The SMILES string of the molecule is [C-]#[N+]c1cc(-c2nc(-c3ccc4oc5ccccc5c4c3)nc(-c3ccccc3)c2C#N)ccc1-n1c2ccccc2c2ccc3c(c4ccccc4n3-c3ccccc3)c21. The van der Waals surface area contributed by atoms with Crippen molar-refractivity contribution in [3.05, 3.63) is 199 Å². The molecule has 4 aromatic heterocycles. The lowest BCUT2D eigenvalue weighted by Crippen LogP contribution is -2.01. The van der Waals surface area contributed by atoms with Crippen LogP contribution in [0.1, 0.15) is 5.56 Å². The minimum atomic E-state index is 0.334. The summed E-state index contributed by atoms with van der Waals surface area (Å²) in [4.78, 5) is 14.4. The van der Waals surface area contributed by atoms with Crippen LogP contribution in [0.4, 0.5) is 5.69 Å². The van der Waals surface area contributed by atoms with Gasteiger partial charge in [0.15, 0.2) is 5.82 Å². The summed E-state index contributed by atoms with van der Waals surface area (Å²) in [5.74, 6) is 0.466. The topological polar surface area (TPSA) is 76.9 Å². The molecule has 0 radical (unpaired) electrons. The summed E-state index contributed by atoms with van der Waals surface area (Å²) >= 11 is 0. The number of rotatable bonds is 5. The molecule has 0 N–H and O–H groups in total. The Labute approximate surface area is 349 Å². The predicted molar refractivity (Wildman–Crippen MR) is 245 cm³/mol. The molecule has 0 unspecified atom stereocenters. The lowest BCUT2D eigenvalue weighted by molar-refractivity contribution is 0.669. The van der Waals surface area contributed by atoms with Gasteiger partial charge in [-0.2, -0.15) is 5.26 Å². The zero-order chi connectivity index (χ0) is 40.6. The van der Waals surface area contributed by atoms with E-state index in [9.17, 15) is 5.26 Å². The molecule has 0 amide bonds. The maximum atomic E-state index is 10.8. The minimum absolute atomic E-state index is 0.334. The summed E-state index contributed by atoms with van der Waals surface area (Å²) in [6.45, 7) is 8.65. The van der Waals surface area contributed by atoms with Gasteiger partial charge >= 0.3 is 0 Å². The van der Waals surface area contributed by atoms with Crippen LogP contribution in [0.3, 0.4) is 0 Å². The molecule has 8 aromatic carbocycles. The van der Waals surface area contributed by atoms with Gasteiger partial charge in [-0.3, -0.25) is 0 Å². The van der Waals surface area contributed by atoms with Crippen LogP contribution < -0.4 is 0 Å². The molecule has 7 heteroatoms. The summed E-state index contributed by atoms with van der Waals surface area (Å²) in [5, 5.41) is 17.2. The number of para-hydroxylation sites is 4. The maximum absolute atomic E-state index is 10.8. The molecule has 7 nitrogen and oxygen atoms in total. The van der Waals surface area contributed by atoms with Crippen molar-refractivity contribution in [1.82, 2.24) is 19.1 Å². The average Bonchev–Trinajstić information content (AvgIpc) is 3.99. The molecular formula is C54H30N6O. The number of aromatic nitrogens is 4. The van der Waals surface area contributed by atoms with Gasteiger partial charge in [-0.05, 0) is 72.3 Å². The third-order valence-corrected chi connectivity index (χ3v) is 11.8. The molecule has 0 aliphatic rings. The number of nitrogens with zero attached hydrogens (tertiary/aromatic N) is 6. The average molecular weight is 779 g/mol. The van der Waals surface area contributed by atoms with E-state index in [2.05, 4.69) is 98.9 Å². The van der Waals surface area contributed by atoms with E-state index in [0.717, 1.165) is 88.1 Å². The standard InChI is InChI=1S/C54H30N6O/c1-56-43-31-34(52-42(32-55)51(33-14-4-2-5-15-33)57-54(58-52)35-25-29-49-41(30-35)38-19-10-13-23-48(38)61-49)24-27-46(43)60-44-21-11-8-18-37(44)39-26-28-47-50(53(39)60)40-20-9-12-22-45(40)59(47)36-16-6-3-7-17-36/h2-31H. The second-order valence-corrected chi connectivity index (χ2v) is 15.1. The fourth-order valence-electron chi connectivity index (χ4n) is 9.14. The molecule has 0 aliphatic carbocycles. The van der Waals surface area contributed by atoms with Crippen molar-refractivity contribution < 1.29 is 4.42 Å². The van der Waals surface area contributed by atoms with Gasteiger partial charge in [-0.1, -0.05) is 115 Å². The number of hydrogen-bond acceptors (Lipinski definition) is 4. The Bertz CT molecular complexity index is 3840. The van der Waals surface area contributed by atoms with E-state index in [-0.39, 0.29) is 0 Å². The lowest BCUT2D eigenvalue weighted by atomic mass is 9.99. The normalized spacial score (nSPS) is 11.6. The second-order valence-electron chi connectivity index (χ2n) is 15.1. The summed E-state index contributed by atoms with van der Waals surface area (Å²) in [6, 6.07) is 63.7. The lowest BCUT2D eigenvalue weighted by Gasteiger charge is -2.15. The number of furan rings is 1. The molecule has 0 aliphatic heterocycles. The van der Waals surface area contributed by atoms with E-state index < -0.39 is 0 Å². The largest absolute Gasteiger partial charge is 0.456 e. The molecule has 61 heavy (non-hydrogen) atoms. The fourth-order valence-corrected chi connectivity index (χ4v) is 9.14. The van der Waals surface area contributed by atoms with Gasteiger partial charge in [0.2, 0.25) is 5.69 Å². The molecule has 12 rings (SSSR count). The first-order valence-electron chi connectivity index (χ1n) is 20.0. The molecule has 12 aromatic rings. The number of hydrogen-bond donors (Lipinski definition) is 0. The van der Waals surface area contributed by atoms with Gasteiger partial charge in [-0.15, -0.1) is 0 Å². The highest BCUT2D eigenvalue weighted by Crippen LogP contribution is 2.44. The Balaban J connectivity index is 1.11. The fraction of sp³-hybridized carbons (Fsp3) is 0. The predicted octanol–water partition coefficient (Wildman–Crippen LogP) is 14.0. The van der Waals surface area contributed by atoms with Crippen LogP contribution in [0.25, 0.3) is 116 Å². The maximum Gasteiger partial charge on any atom is 0.211 e. The molecule has 0 saturated carbocycles. The van der Waals surface area contributed by atoms with Crippen LogP contribution in [0.5, 0.6) is 0 Å². The van der Waals surface area contributed by atoms with E-state index in [4.69, 9.17) is 21.0 Å². The van der Waals surface area contributed by atoms with E-state index in [1.807, 2.05) is 103 Å². The van der Waals surface area contributed by atoms with Crippen molar-refractivity contribution in [3.8, 4) is 51.3 Å². The summed E-state index contributed by atoms with van der Waals surface area (Å²) < 4.78 is 10.7. The van der Waals surface area contributed by atoms with Crippen LogP contribution >= 0.6 is 0 Å². The number of fused-ring (bicyclic) bond motifs is 10. The molecule has 0 atom stereocenters. The van der Waals surface area contributed by atoms with Crippen LogP contribution in [0.2, 0.25) is 0 Å². The molecule has 4 heterocycles. The van der Waals surface area contributed by atoms with Crippen molar-refractivity contribution in [2.75, 3.05) is 0 Å². The van der Waals surface area contributed by atoms with Gasteiger partial charge in [-0.25, -0.2) is 14.8 Å². The van der Waals surface area contributed by atoms with Crippen LogP contribution in [0.15, 0.2) is 186 Å². The highest BCUT2D eigenvalue weighted by Gasteiger charge is 2.24. The second kappa shape index (κ2) is 13.4. The Morgan fingerprint density at radius 2 is 1.15 bits per heavy atom. The van der Waals surface area contributed by atoms with Crippen molar-refractivity contribution in [2.24, 2.45) is 0 Å². The Kier molecular flexibility index (Phi) is 7.52. The van der Waals surface area contributed by atoms with Crippen LogP contribution in [0, 0.1) is 17.9 Å². The first-order valence-corrected chi connectivity index (χ1v) is 20.0. The first kappa shape index (κ1) is 34.3. The third-order valence-electron chi connectivity index (χ3n) is 11.8. The molecule has 0 bridgehead atoms. The molecule has 0 spiro atoms. The van der Waals surface area contributed by atoms with E-state index >= 15 is 0 Å². The van der Waals surface area contributed by atoms with E-state index in [0.29, 0.717) is 34.0 Å². The first-order chi connectivity index (χ1) is 30.2. The highest BCUT2D eigenvalue weighted by molar-refractivity contribution is 6.26. The van der Waals surface area contributed by atoms with Gasteiger partial charge in [0, 0.05) is 49.1 Å². The van der Waals surface area contributed by atoms with Gasteiger partial charge < -0.3 is 13.6 Å². The quantitative estimate of drug-likeness (QED) is 0.163. The van der Waals surface area contributed by atoms with Crippen molar-refractivity contribution >= 4 is 71.2 Å². The highest BCUT2D eigenvalue weighted by atomic mass is 16.3. The van der Waals surface area contributed by atoms with E-state index in [1.54, 1.807) is 0 Å².